The summed E-state index contributed by atoms with van der Waals surface area (Å²) in [4.78, 5) is 0. The highest BCUT2D eigenvalue weighted by molar-refractivity contribution is 6.31. The molecule has 0 aliphatic carbocycles. The van der Waals surface area contributed by atoms with Crippen LogP contribution in [0.2, 0.25) is 5.02 Å². The Morgan fingerprint density at radius 2 is 1.86 bits per heavy atom. The van der Waals surface area contributed by atoms with Crippen molar-refractivity contribution in [2.75, 3.05) is 5.32 Å². The van der Waals surface area contributed by atoms with Gasteiger partial charge in [0.2, 0.25) is 0 Å². The van der Waals surface area contributed by atoms with Crippen molar-refractivity contribution < 1.29 is 13.2 Å². The molecule has 1 N–H and O–H groups in total. The quantitative estimate of drug-likeness (QED) is 0.880. The molecule has 0 saturated heterocycles. The third-order valence-corrected chi connectivity index (χ3v) is 3.22. The Hall–Kier alpha value is -2.19. The molecule has 0 atom stereocenters. The van der Waals surface area contributed by atoms with Gasteiger partial charge in [0.1, 0.15) is 6.07 Å². The van der Waals surface area contributed by atoms with E-state index in [-0.39, 0.29) is 17.7 Å². The zero-order chi connectivity index (χ0) is 15.5. The fourth-order valence-electron chi connectivity index (χ4n) is 1.87. The van der Waals surface area contributed by atoms with Crippen LogP contribution in [0.25, 0.3) is 0 Å². The highest BCUT2D eigenvalue weighted by atomic mass is 35.5. The Bertz CT molecular complexity index is 690. The summed E-state index contributed by atoms with van der Waals surface area (Å²) in [5, 5.41) is 12.0. The number of nitrogens with zero attached hydrogens (tertiary/aromatic N) is 1. The van der Waals surface area contributed by atoms with E-state index in [1.807, 2.05) is 6.07 Å². The summed E-state index contributed by atoms with van der Waals surface area (Å²) in [5.74, 6) is 0. The van der Waals surface area contributed by atoms with Crippen LogP contribution in [0, 0.1) is 11.3 Å². The molecular formula is C15H10ClF3N2. The van der Waals surface area contributed by atoms with Gasteiger partial charge in [-0.2, -0.15) is 18.4 Å². The maximum absolute atomic E-state index is 12.9. The van der Waals surface area contributed by atoms with Gasteiger partial charge in [0, 0.05) is 12.2 Å². The van der Waals surface area contributed by atoms with Gasteiger partial charge in [0.05, 0.1) is 16.1 Å². The topological polar surface area (TPSA) is 35.8 Å². The third kappa shape index (κ3) is 3.67. The van der Waals surface area contributed by atoms with Crippen LogP contribution >= 0.6 is 11.6 Å². The van der Waals surface area contributed by atoms with Crippen molar-refractivity contribution in [3.8, 4) is 6.07 Å². The number of rotatable bonds is 3. The number of hydrogen-bond acceptors (Lipinski definition) is 2. The smallest absolute Gasteiger partial charge is 0.381 e. The molecule has 0 aromatic heterocycles. The number of hydrogen-bond donors (Lipinski definition) is 1. The Morgan fingerprint density at radius 1 is 1.14 bits per heavy atom. The lowest BCUT2D eigenvalue weighted by Crippen LogP contribution is -2.11. The van der Waals surface area contributed by atoms with Gasteiger partial charge in [-0.15, -0.1) is 0 Å². The molecular weight excluding hydrogens is 301 g/mol. The summed E-state index contributed by atoms with van der Waals surface area (Å²) in [7, 11) is 0. The number of halogens is 4. The van der Waals surface area contributed by atoms with Crippen LogP contribution in [-0.2, 0) is 12.7 Å². The fraction of sp³-hybridized carbons (Fsp3) is 0.133. The summed E-state index contributed by atoms with van der Waals surface area (Å²) >= 11 is 5.80. The summed E-state index contributed by atoms with van der Waals surface area (Å²) in [6.45, 7) is 0.00217. The summed E-state index contributed by atoms with van der Waals surface area (Å²) in [6.07, 6.45) is -4.39. The number of nitrogens with one attached hydrogen (secondary N) is 1. The Kier molecular flexibility index (Phi) is 4.39. The number of alkyl halides is 3. The molecule has 0 spiro atoms. The van der Waals surface area contributed by atoms with E-state index in [1.54, 1.807) is 12.1 Å². The molecule has 108 valence electrons. The highest BCUT2D eigenvalue weighted by Gasteiger charge is 2.32. The molecule has 0 heterocycles. The van der Waals surface area contributed by atoms with E-state index < -0.39 is 11.7 Å². The molecule has 0 unspecified atom stereocenters. The average Bonchev–Trinajstić information content (AvgIpc) is 2.45. The maximum atomic E-state index is 12.9. The van der Waals surface area contributed by atoms with E-state index >= 15 is 0 Å². The van der Waals surface area contributed by atoms with E-state index in [4.69, 9.17) is 16.9 Å². The predicted molar refractivity (Wildman–Crippen MR) is 74.9 cm³/mol. The van der Waals surface area contributed by atoms with E-state index in [0.29, 0.717) is 10.7 Å². The van der Waals surface area contributed by atoms with Crippen molar-refractivity contribution in [1.29, 1.82) is 5.26 Å². The fourth-order valence-corrected chi connectivity index (χ4v) is 2.03. The standard InChI is InChI=1S/C15H10ClF3N2/c16-14-6-5-12(7-11(14)8-20)21-9-10-3-1-2-4-13(10)15(17,18)19/h1-7,21H,9H2. The van der Waals surface area contributed by atoms with Crippen molar-refractivity contribution in [3.63, 3.8) is 0 Å². The number of anilines is 1. The van der Waals surface area contributed by atoms with Crippen LogP contribution in [0.1, 0.15) is 16.7 Å². The molecule has 0 fully saturated rings. The normalized spacial score (nSPS) is 11.0. The predicted octanol–water partition coefficient (Wildman–Crippen LogP) is 4.84. The lowest BCUT2D eigenvalue weighted by molar-refractivity contribution is -0.138. The van der Waals surface area contributed by atoms with Gasteiger partial charge in [0.15, 0.2) is 0 Å². The molecule has 0 aliphatic heterocycles. The minimum absolute atomic E-state index is 0.00217. The van der Waals surface area contributed by atoms with Crippen LogP contribution in [0.15, 0.2) is 42.5 Å². The lowest BCUT2D eigenvalue weighted by Gasteiger charge is -2.14. The van der Waals surface area contributed by atoms with Crippen molar-refractivity contribution in [2.45, 2.75) is 12.7 Å². The van der Waals surface area contributed by atoms with E-state index in [9.17, 15) is 13.2 Å². The Balaban J connectivity index is 2.20. The van der Waals surface area contributed by atoms with Gasteiger partial charge < -0.3 is 5.32 Å². The first-order chi connectivity index (χ1) is 9.91. The minimum Gasteiger partial charge on any atom is -0.381 e. The molecule has 2 rings (SSSR count). The largest absolute Gasteiger partial charge is 0.416 e. The van der Waals surface area contributed by atoms with Gasteiger partial charge >= 0.3 is 6.18 Å². The van der Waals surface area contributed by atoms with E-state index in [1.165, 1.54) is 24.3 Å². The molecule has 0 bridgehead atoms. The minimum atomic E-state index is -4.39. The van der Waals surface area contributed by atoms with Crippen molar-refractivity contribution in [1.82, 2.24) is 0 Å². The second-order valence-corrected chi connectivity index (χ2v) is 4.72. The number of benzene rings is 2. The van der Waals surface area contributed by atoms with Crippen molar-refractivity contribution in [2.24, 2.45) is 0 Å². The molecule has 6 heteroatoms. The average molecular weight is 311 g/mol. The summed E-state index contributed by atoms with van der Waals surface area (Å²) in [5.41, 5.74) is 0.268. The molecule has 2 nitrogen and oxygen atoms in total. The molecule has 21 heavy (non-hydrogen) atoms. The number of nitriles is 1. The zero-order valence-corrected chi connectivity index (χ0v) is 11.5. The van der Waals surface area contributed by atoms with Gasteiger partial charge in [-0.3, -0.25) is 0 Å². The first-order valence-electron chi connectivity index (χ1n) is 6.00. The summed E-state index contributed by atoms with van der Waals surface area (Å²) < 4.78 is 38.6. The molecule has 0 aliphatic rings. The van der Waals surface area contributed by atoms with Crippen LogP contribution in [-0.4, -0.2) is 0 Å². The molecule has 0 radical (unpaired) electrons. The van der Waals surface area contributed by atoms with E-state index in [2.05, 4.69) is 5.32 Å². The SMILES string of the molecule is N#Cc1cc(NCc2ccccc2C(F)(F)F)ccc1Cl. The van der Waals surface area contributed by atoms with Crippen LogP contribution in [0.4, 0.5) is 18.9 Å². The van der Waals surface area contributed by atoms with Gasteiger partial charge in [-0.25, -0.2) is 0 Å². The van der Waals surface area contributed by atoms with Crippen LogP contribution in [0.3, 0.4) is 0 Å². The first kappa shape index (κ1) is 15.2. The van der Waals surface area contributed by atoms with Crippen LogP contribution in [0.5, 0.6) is 0 Å². The molecule has 2 aromatic rings. The highest BCUT2D eigenvalue weighted by Crippen LogP contribution is 2.32. The van der Waals surface area contributed by atoms with E-state index in [0.717, 1.165) is 6.07 Å². The first-order valence-corrected chi connectivity index (χ1v) is 6.38. The van der Waals surface area contributed by atoms with Gasteiger partial charge in [-0.1, -0.05) is 29.8 Å². The molecule has 0 amide bonds. The lowest BCUT2D eigenvalue weighted by atomic mass is 10.1. The maximum Gasteiger partial charge on any atom is 0.416 e. The Morgan fingerprint density at radius 3 is 2.52 bits per heavy atom. The molecule has 2 aromatic carbocycles. The third-order valence-electron chi connectivity index (χ3n) is 2.89. The second kappa shape index (κ2) is 6.06. The Labute approximate surface area is 124 Å². The van der Waals surface area contributed by atoms with Crippen LogP contribution < -0.4 is 5.32 Å². The van der Waals surface area contributed by atoms with Crippen molar-refractivity contribution in [3.05, 3.63) is 64.2 Å². The molecule has 0 saturated carbocycles. The van der Waals surface area contributed by atoms with Crippen molar-refractivity contribution >= 4 is 17.3 Å². The zero-order valence-electron chi connectivity index (χ0n) is 10.7. The summed E-state index contributed by atoms with van der Waals surface area (Å²) in [6, 6.07) is 11.9. The monoisotopic (exact) mass is 310 g/mol. The second-order valence-electron chi connectivity index (χ2n) is 4.31. The van der Waals surface area contributed by atoms with Gasteiger partial charge in [-0.05, 0) is 29.8 Å². The van der Waals surface area contributed by atoms with Gasteiger partial charge in [0.25, 0.3) is 0 Å².